The highest BCUT2D eigenvalue weighted by molar-refractivity contribution is 5.82. The van der Waals surface area contributed by atoms with Gasteiger partial charge in [0.05, 0.1) is 6.21 Å². The lowest BCUT2D eigenvalue weighted by atomic mass is 9.90. The van der Waals surface area contributed by atoms with Crippen LogP contribution in [0.5, 0.6) is 5.75 Å². The number of phenols is 1. The Morgan fingerprint density at radius 1 is 1.33 bits per heavy atom. The Morgan fingerprint density at radius 3 is 2.89 bits per heavy atom. The summed E-state index contributed by atoms with van der Waals surface area (Å²) in [6.07, 6.45) is 7.59. The number of phenolic OH excluding ortho intramolecular Hbond substituents is 1. The van der Waals surface area contributed by atoms with Crippen molar-refractivity contribution < 1.29 is 14.3 Å². The molecule has 0 bridgehead atoms. The van der Waals surface area contributed by atoms with Crippen molar-refractivity contribution in [1.29, 1.82) is 0 Å². The summed E-state index contributed by atoms with van der Waals surface area (Å²) in [5.41, 5.74) is 0.332. The molecule has 1 saturated carbocycles. The Bertz CT molecular complexity index is 414. The number of aromatic hydroxyl groups is 1. The van der Waals surface area contributed by atoms with Crippen molar-refractivity contribution in [3.8, 4) is 5.75 Å². The molecule has 1 aliphatic carbocycles. The largest absolute Gasteiger partial charge is 0.507 e. The molecule has 1 fully saturated rings. The molecule has 1 aliphatic rings. The van der Waals surface area contributed by atoms with Gasteiger partial charge in [0, 0.05) is 5.56 Å². The number of benzene rings is 1. The van der Waals surface area contributed by atoms with Gasteiger partial charge in [0.1, 0.15) is 18.2 Å². The second kappa shape index (κ2) is 6.38. The monoisotopic (exact) mass is 251 g/mol. The maximum atomic E-state index is 12.9. The van der Waals surface area contributed by atoms with Gasteiger partial charge in [-0.2, -0.15) is 0 Å². The van der Waals surface area contributed by atoms with Crippen LogP contribution in [0.3, 0.4) is 0 Å². The molecule has 0 saturated heterocycles. The second-order valence-corrected chi connectivity index (χ2v) is 4.74. The lowest BCUT2D eigenvalue weighted by Gasteiger charge is -2.19. The average Bonchev–Trinajstić information content (AvgIpc) is 2.40. The Balaban J connectivity index is 1.81. The third-order valence-corrected chi connectivity index (χ3v) is 3.29. The minimum absolute atomic E-state index is 0.00131. The molecule has 0 unspecified atom stereocenters. The van der Waals surface area contributed by atoms with Crippen molar-refractivity contribution in [2.45, 2.75) is 32.1 Å². The normalized spacial score (nSPS) is 17.2. The number of nitrogens with zero attached hydrogens (tertiary/aromatic N) is 1. The van der Waals surface area contributed by atoms with Crippen LogP contribution in [-0.4, -0.2) is 17.9 Å². The lowest BCUT2D eigenvalue weighted by molar-refractivity contribution is 0.0928. The van der Waals surface area contributed by atoms with Gasteiger partial charge in [-0.25, -0.2) is 4.39 Å². The van der Waals surface area contributed by atoms with E-state index in [2.05, 4.69) is 5.16 Å². The predicted molar refractivity (Wildman–Crippen MR) is 68.2 cm³/mol. The summed E-state index contributed by atoms with van der Waals surface area (Å²) in [7, 11) is 0. The van der Waals surface area contributed by atoms with Gasteiger partial charge in [-0.15, -0.1) is 0 Å². The molecule has 1 aromatic rings. The van der Waals surface area contributed by atoms with E-state index in [4.69, 9.17) is 4.84 Å². The first-order chi connectivity index (χ1) is 8.75. The van der Waals surface area contributed by atoms with E-state index >= 15 is 0 Å². The van der Waals surface area contributed by atoms with Gasteiger partial charge in [-0.05, 0) is 37.0 Å². The van der Waals surface area contributed by atoms with E-state index in [0.717, 1.165) is 0 Å². The number of hydrogen-bond donors (Lipinski definition) is 1. The van der Waals surface area contributed by atoms with Crippen LogP contribution < -0.4 is 0 Å². The van der Waals surface area contributed by atoms with E-state index in [0.29, 0.717) is 18.1 Å². The van der Waals surface area contributed by atoms with E-state index < -0.39 is 5.82 Å². The smallest absolute Gasteiger partial charge is 0.124 e. The highest BCUT2D eigenvalue weighted by atomic mass is 19.1. The molecule has 98 valence electrons. The van der Waals surface area contributed by atoms with Crippen LogP contribution >= 0.6 is 0 Å². The Morgan fingerprint density at radius 2 is 2.11 bits per heavy atom. The molecule has 1 aromatic carbocycles. The lowest BCUT2D eigenvalue weighted by Crippen LogP contribution is -2.11. The number of hydrogen-bond acceptors (Lipinski definition) is 3. The molecule has 18 heavy (non-hydrogen) atoms. The van der Waals surface area contributed by atoms with E-state index in [1.54, 1.807) is 0 Å². The molecule has 0 atom stereocenters. The summed E-state index contributed by atoms with van der Waals surface area (Å²) in [5, 5.41) is 13.3. The molecule has 0 heterocycles. The first kappa shape index (κ1) is 12.9. The number of halogens is 1. The maximum absolute atomic E-state index is 12.9. The molecule has 0 amide bonds. The molecule has 0 aliphatic heterocycles. The van der Waals surface area contributed by atoms with Crippen LogP contribution in [-0.2, 0) is 4.84 Å². The number of rotatable bonds is 4. The fourth-order valence-electron chi connectivity index (χ4n) is 2.23. The highest BCUT2D eigenvalue weighted by Gasteiger charge is 2.13. The third kappa shape index (κ3) is 3.72. The van der Waals surface area contributed by atoms with E-state index in [1.165, 1.54) is 56.5 Å². The highest BCUT2D eigenvalue weighted by Crippen LogP contribution is 2.23. The molecule has 1 N–H and O–H groups in total. The average molecular weight is 251 g/mol. The molecular weight excluding hydrogens is 233 g/mol. The summed E-state index contributed by atoms with van der Waals surface area (Å²) < 4.78 is 12.9. The fourth-order valence-corrected chi connectivity index (χ4v) is 2.23. The Kier molecular flexibility index (Phi) is 4.56. The van der Waals surface area contributed by atoms with Crippen LogP contribution in [0.2, 0.25) is 0 Å². The standard InChI is InChI=1S/C14H18FNO2/c15-13-6-7-14(17)12(8-13)9-16-18-10-11-4-2-1-3-5-11/h6-9,11,17H,1-5,10H2/b16-9+. The third-order valence-electron chi connectivity index (χ3n) is 3.29. The van der Waals surface area contributed by atoms with Crippen molar-refractivity contribution in [2.24, 2.45) is 11.1 Å². The summed E-state index contributed by atoms with van der Waals surface area (Å²) in [6, 6.07) is 3.73. The first-order valence-electron chi connectivity index (χ1n) is 6.39. The summed E-state index contributed by atoms with van der Waals surface area (Å²) in [6.45, 7) is 0.604. The van der Waals surface area contributed by atoms with Crippen molar-refractivity contribution in [3.05, 3.63) is 29.6 Å². The van der Waals surface area contributed by atoms with Crippen molar-refractivity contribution in [2.75, 3.05) is 6.61 Å². The zero-order valence-electron chi connectivity index (χ0n) is 10.3. The van der Waals surface area contributed by atoms with Crippen LogP contribution in [0.4, 0.5) is 4.39 Å². The minimum atomic E-state index is -0.401. The topological polar surface area (TPSA) is 41.8 Å². The maximum Gasteiger partial charge on any atom is 0.124 e. The van der Waals surface area contributed by atoms with Crippen LogP contribution in [0.15, 0.2) is 23.4 Å². The van der Waals surface area contributed by atoms with Crippen LogP contribution in [0, 0.1) is 11.7 Å². The van der Waals surface area contributed by atoms with E-state index in [9.17, 15) is 9.50 Å². The molecular formula is C14H18FNO2. The summed E-state index contributed by atoms with van der Waals surface area (Å²) in [5.74, 6) is 0.181. The van der Waals surface area contributed by atoms with E-state index in [1.807, 2.05) is 0 Å². The van der Waals surface area contributed by atoms with Crippen LogP contribution in [0.25, 0.3) is 0 Å². The van der Waals surface area contributed by atoms with Crippen LogP contribution in [0.1, 0.15) is 37.7 Å². The predicted octanol–water partition coefficient (Wildman–Crippen LogP) is 3.46. The Labute approximate surface area is 106 Å². The summed E-state index contributed by atoms with van der Waals surface area (Å²) >= 11 is 0. The van der Waals surface area contributed by atoms with Gasteiger partial charge >= 0.3 is 0 Å². The van der Waals surface area contributed by atoms with Gasteiger partial charge in [0.25, 0.3) is 0 Å². The number of oxime groups is 1. The Hall–Kier alpha value is -1.58. The van der Waals surface area contributed by atoms with Gasteiger partial charge in [-0.3, -0.25) is 0 Å². The van der Waals surface area contributed by atoms with Crippen molar-refractivity contribution in [1.82, 2.24) is 0 Å². The molecule has 0 spiro atoms. The molecule has 0 aromatic heterocycles. The zero-order chi connectivity index (χ0) is 12.8. The second-order valence-electron chi connectivity index (χ2n) is 4.74. The van der Waals surface area contributed by atoms with Gasteiger partial charge in [0.15, 0.2) is 0 Å². The van der Waals surface area contributed by atoms with E-state index in [-0.39, 0.29) is 5.75 Å². The summed E-state index contributed by atoms with van der Waals surface area (Å²) in [4.78, 5) is 5.21. The zero-order valence-corrected chi connectivity index (χ0v) is 10.3. The fraction of sp³-hybridized carbons (Fsp3) is 0.500. The quantitative estimate of drug-likeness (QED) is 0.657. The molecule has 2 rings (SSSR count). The van der Waals surface area contributed by atoms with Gasteiger partial charge < -0.3 is 9.94 Å². The van der Waals surface area contributed by atoms with Crippen molar-refractivity contribution >= 4 is 6.21 Å². The van der Waals surface area contributed by atoms with Gasteiger partial charge in [-0.1, -0.05) is 24.4 Å². The molecule has 4 heteroatoms. The SMILES string of the molecule is Oc1ccc(F)cc1/C=N/OCC1CCCCC1. The minimum Gasteiger partial charge on any atom is -0.507 e. The van der Waals surface area contributed by atoms with Gasteiger partial charge in [0.2, 0.25) is 0 Å². The van der Waals surface area contributed by atoms with Crippen molar-refractivity contribution in [3.63, 3.8) is 0 Å². The first-order valence-corrected chi connectivity index (χ1v) is 6.39. The molecule has 0 radical (unpaired) electrons. The molecule has 3 nitrogen and oxygen atoms in total.